The topological polar surface area (TPSA) is 95.9 Å². The van der Waals surface area contributed by atoms with Crippen LogP contribution in [0.15, 0.2) is 30.4 Å². The normalized spacial score (nSPS) is 26.3. The molecule has 1 saturated heterocycles. The summed E-state index contributed by atoms with van der Waals surface area (Å²) in [6.07, 6.45) is 5.64. The first-order valence-electron chi connectivity index (χ1n) is 11.7. The van der Waals surface area contributed by atoms with E-state index in [0.717, 1.165) is 5.56 Å². The number of amides is 2. The molecule has 1 aliphatic carbocycles. The zero-order valence-corrected chi connectivity index (χ0v) is 20.2. The molecule has 1 aromatic carbocycles. The summed E-state index contributed by atoms with van der Waals surface area (Å²) in [5, 5.41) is 12.6. The summed E-state index contributed by atoms with van der Waals surface area (Å²) in [6, 6.07) is 4.59. The fourth-order valence-electron chi connectivity index (χ4n) is 5.07. The first-order valence-corrected chi connectivity index (χ1v) is 12.1. The van der Waals surface area contributed by atoms with Crippen molar-refractivity contribution in [3.05, 3.63) is 40.9 Å². The molecule has 1 fully saturated rings. The van der Waals surface area contributed by atoms with E-state index in [2.05, 4.69) is 5.32 Å². The zero-order chi connectivity index (χ0) is 24.1. The van der Waals surface area contributed by atoms with Crippen LogP contribution in [0.2, 0.25) is 5.02 Å². The Hall–Kier alpha value is -2.38. The molecule has 0 unspecified atom stereocenters. The average molecular weight is 477 g/mol. The number of unbranched alkanes of at least 4 members (excludes halogenated alkanes) is 1. The number of ether oxygens (including phenoxy) is 1. The Morgan fingerprint density at radius 2 is 1.97 bits per heavy atom. The van der Waals surface area contributed by atoms with Gasteiger partial charge < -0.3 is 20.1 Å². The summed E-state index contributed by atoms with van der Waals surface area (Å²) in [5.74, 6) is -2.80. The van der Waals surface area contributed by atoms with Gasteiger partial charge in [-0.2, -0.15) is 0 Å². The van der Waals surface area contributed by atoms with Gasteiger partial charge in [0, 0.05) is 19.1 Å². The minimum Gasteiger partial charge on any atom is -0.466 e. The number of aryl methyl sites for hydroxylation is 1. The molecule has 1 aromatic rings. The van der Waals surface area contributed by atoms with Gasteiger partial charge in [0.1, 0.15) is 6.04 Å². The molecule has 0 saturated carbocycles. The fourth-order valence-corrected chi connectivity index (χ4v) is 5.34. The third-order valence-electron chi connectivity index (χ3n) is 6.69. The average Bonchev–Trinajstić information content (AvgIpc) is 3.07. The van der Waals surface area contributed by atoms with Crippen molar-refractivity contribution in [1.82, 2.24) is 4.90 Å². The lowest BCUT2D eigenvalue weighted by molar-refractivity contribution is -0.155. The molecule has 3 rings (SSSR count). The molecule has 0 aromatic heterocycles. The molecule has 180 valence electrons. The molecule has 0 radical (unpaired) electrons. The number of hydrogen-bond acceptors (Lipinski definition) is 5. The minimum absolute atomic E-state index is 0.00777. The van der Waals surface area contributed by atoms with Crippen LogP contribution < -0.4 is 5.32 Å². The third-order valence-corrected chi connectivity index (χ3v) is 7.00. The van der Waals surface area contributed by atoms with Crippen molar-refractivity contribution in [2.24, 2.45) is 23.7 Å². The highest BCUT2D eigenvalue weighted by atomic mass is 35.5. The first-order chi connectivity index (χ1) is 15.8. The van der Waals surface area contributed by atoms with E-state index in [0.29, 0.717) is 36.5 Å². The lowest BCUT2D eigenvalue weighted by Crippen LogP contribution is -2.45. The lowest BCUT2D eigenvalue weighted by Gasteiger charge is -2.33. The summed E-state index contributed by atoms with van der Waals surface area (Å²) in [7, 11) is 0. The number of nitrogens with one attached hydrogen (secondary N) is 1. The number of likely N-dealkylation sites (tertiary alicyclic amines) is 1. The monoisotopic (exact) mass is 476 g/mol. The van der Waals surface area contributed by atoms with Crippen molar-refractivity contribution in [2.45, 2.75) is 46.1 Å². The molecule has 2 amide bonds. The van der Waals surface area contributed by atoms with E-state index in [9.17, 15) is 19.5 Å². The maximum atomic E-state index is 13.6. The number of aliphatic hydroxyl groups is 1. The van der Waals surface area contributed by atoms with Crippen molar-refractivity contribution in [1.29, 1.82) is 0 Å². The highest BCUT2D eigenvalue weighted by molar-refractivity contribution is 6.34. The summed E-state index contributed by atoms with van der Waals surface area (Å²) in [6.45, 7) is 6.14. The van der Waals surface area contributed by atoms with Crippen LogP contribution in [-0.2, 0) is 19.1 Å². The van der Waals surface area contributed by atoms with Crippen LogP contribution in [0.5, 0.6) is 0 Å². The van der Waals surface area contributed by atoms with Gasteiger partial charge in [0.2, 0.25) is 11.8 Å². The number of halogens is 1. The van der Waals surface area contributed by atoms with Gasteiger partial charge in [-0.15, -0.1) is 0 Å². The van der Waals surface area contributed by atoms with Gasteiger partial charge >= 0.3 is 5.97 Å². The van der Waals surface area contributed by atoms with Crippen molar-refractivity contribution in [3.8, 4) is 0 Å². The van der Waals surface area contributed by atoms with Crippen LogP contribution in [-0.4, -0.2) is 53.6 Å². The van der Waals surface area contributed by atoms with Crippen molar-refractivity contribution in [2.75, 3.05) is 25.1 Å². The number of benzene rings is 1. The Morgan fingerprint density at radius 1 is 1.21 bits per heavy atom. The third kappa shape index (κ3) is 5.09. The van der Waals surface area contributed by atoms with Gasteiger partial charge in [0.15, 0.2) is 0 Å². The molecule has 2 N–H and O–H groups in total. The summed E-state index contributed by atoms with van der Waals surface area (Å²) in [5.41, 5.74) is 1.33. The molecule has 8 heteroatoms. The van der Waals surface area contributed by atoms with Crippen LogP contribution in [0.1, 0.15) is 38.7 Å². The summed E-state index contributed by atoms with van der Waals surface area (Å²) in [4.78, 5) is 41.7. The van der Waals surface area contributed by atoms with E-state index in [1.54, 1.807) is 17.9 Å². The van der Waals surface area contributed by atoms with E-state index >= 15 is 0 Å². The lowest BCUT2D eigenvalue weighted by atomic mass is 9.69. The molecule has 7 nitrogen and oxygen atoms in total. The smallest absolute Gasteiger partial charge is 0.310 e. The van der Waals surface area contributed by atoms with Crippen LogP contribution >= 0.6 is 11.6 Å². The molecule has 33 heavy (non-hydrogen) atoms. The highest BCUT2D eigenvalue weighted by Crippen LogP contribution is 2.45. The second-order valence-corrected chi connectivity index (χ2v) is 9.07. The van der Waals surface area contributed by atoms with Gasteiger partial charge in [-0.05, 0) is 50.7 Å². The number of esters is 1. The maximum absolute atomic E-state index is 13.6. The summed E-state index contributed by atoms with van der Waals surface area (Å²) < 4.78 is 5.33. The second-order valence-electron chi connectivity index (χ2n) is 8.67. The van der Waals surface area contributed by atoms with Gasteiger partial charge in [0.25, 0.3) is 0 Å². The SMILES string of the molecule is CCOC(=O)[C@H]1[C@@H]2C(=O)N(CCCCO)[C@H](C(=O)Nc3c(C)cccc3Cl)[C@H]2C=C[C@H]1CC. The molecular formula is C25H33ClN2O5. The largest absolute Gasteiger partial charge is 0.466 e. The Bertz CT molecular complexity index is 898. The van der Waals surface area contributed by atoms with E-state index in [4.69, 9.17) is 16.3 Å². The minimum atomic E-state index is -0.775. The highest BCUT2D eigenvalue weighted by Gasteiger charge is 2.57. The Balaban J connectivity index is 1.98. The van der Waals surface area contributed by atoms with Gasteiger partial charge in [-0.3, -0.25) is 14.4 Å². The quantitative estimate of drug-likeness (QED) is 0.322. The molecule has 2 aliphatic rings. The second kappa shape index (κ2) is 11.2. The molecule has 1 heterocycles. The number of aliphatic hydroxyl groups excluding tert-OH is 1. The molecule has 1 aliphatic heterocycles. The molecule has 5 atom stereocenters. The van der Waals surface area contributed by atoms with Gasteiger partial charge in [-0.25, -0.2) is 0 Å². The fraction of sp³-hybridized carbons (Fsp3) is 0.560. The van der Waals surface area contributed by atoms with E-state index < -0.39 is 29.8 Å². The molecular weight excluding hydrogens is 444 g/mol. The Labute approximate surface area is 200 Å². The maximum Gasteiger partial charge on any atom is 0.310 e. The Kier molecular flexibility index (Phi) is 8.54. The van der Waals surface area contributed by atoms with Crippen LogP contribution in [0.3, 0.4) is 0 Å². The zero-order valence-electron chi connectivity index (χ0n) is 19.4. The first kappa shape index (κ1) is 25.2. The number of nitrogens with zero attached hydrogens (tertiary/aromatic N) is 1. The molecule has 0 spiro atoms. The predicted octanol–water partition coefficient (Wildman–Crippen LogP) is 3.58. The standard InChI is InChI=1S/C25H33ClN2O5/c1-4-16-11-12-17-20(19(16)25(32)33-5-2)24(31)28(13-6-7-14-29)22(17)23(30)27-21-15(3)9-8-10-18(21)26/h8-12,16-17,19-20,22,29H,4-7,13-14H2,1-3H3,(H,27,30)/t16-,17+,19-,20-,22+/m1/s1. The number of allylic oxidation sites excluding steroid dienone is 1. The van der Waals surface area contributed by atoms with E-state index in [1.807, 2.05) is 38.1 Å². The van der Waals surface area contributed by atoms with Crippen molar-refractivity contribution in [3.63, 3.8) is 0 Å². The van der Waals surface area contributed by atoms with E-state index in [-0.39, 0.29) is 30.9 Å². The number of rotatable bonds is 9. The Morgan fingerprint density at radius 3 is 2.61 bits per heavy atom. The number of carbonyl (C=O) groups excluding carboxylic acids is 3. The van der Waals surface area contributed by atoms with Crippen LogP contribution in [0.4, 0.5) is 5.69 Å². The predicted molar refractivity (Wildman–Crippen MR) is 127 cm³/mol. The summed E-state index contributed by atoms with van der Waals surface area (Å²) >= 11 is 6.32. The van der Waals surface area contributed by atoms with Crippen molar-refractivity contribution >= 4 is 35.1 Å². The van der Waals surface area contributed by atoms with Gasteiger partial charge in [0.05, 0.1) is 29.2 Å². The number of fused-ring (bicyclic) bond motifs is 1. The van der Waals surface area contributed by atoms with Crippen molar-refractivity contribution < 1.29 is 24.2 Å². The molecule has 0 bridgehead atoms. The number of para-hydroxylation sites is 1. The number of anilines is 1. The van der Waals surface area contributed by atoms with Crippen LogP contribution in [0.25, 0.3) is 0 Å². The van der Waals surface area contributed by atoms with Gasteiger partial charge in [-0.1, -0.05) is 42.8 Å². The van der Waals surface area contributed by atoms with Crippen LogP contribution in [0, 0.1) is 30.6 Å². The number of carbonyl (C=O) groups is 3. The van der Waals surface area contributed by atoms with E-state index in [1.165, 1.54) is 0 Å². The number of hydrogen-bond donors (Lipinski definition) is 2.